The lowest BCUT2D eigenvalue weighted by Crippen LogP contribution is -2.36. The molecule has 2 saturated carbocycles. The third-order valence-electron chi connectivity index (χ3n) is 5.23. The summed E-state index contributed by atoms with van der Waals surface area (Å²) in [4.78, 5) is 33.4. The van der Waals surface area contributed by atoms with Crippen LogP contribution in [0.25, 0.3) is 0 Å². The van der Waals surface area contributed by atoms with E-state index in [9.17, 15) is 24.6 Å². The van der Waals surface area contributed by atoms with E-state index in [4.69, 9.17) is 5.11 Å². The second-order valence-corrected chi connectivity index (χ2v) is 6.49. The van der Waals surface area contributed by atoms with Gasteiger partial charge < -0.3 is 15.3 Å². The molecule has 118 valence electrons. The summed E-state index contributed by atoms with van der Waals surface area (Å²) in [5.74, 6) is -3.68. The molecule has 2 rings (SSSR count). The molecule has 2 aliphatic rings. The fraction of sp³-hybridized carbons (Fsp3) is 0.800. The van der Waals surface area contributed by atoms with Crippen LogP contribution >= 0.6 is 0 Å². The minimum atomic E-state index is -0.912. The van der Waals surface area contributed by atoms with Crippen molar-refractivity contribution in [2.45, 2.75) is 44.9 Å². The van der Waals surface area contributed by atoms with E-state index in [1.165, 1.54) is 0 Å². The van der Waals surface area contributed by atoms with E-state index in [1.54, 1.807) is 0 Å². The summed E-state index contributed by atoms with van der Waals surface area (Å²) in [6.45, 7) is 0. The Morgan fingerprint density at radius 1 is 0.571 bits per heavy atom. The van der Waals surface area contributed by atoms with E-state index in [1.807, 2.05) is 0 Å². The fourth-order valence-electron chi connectivity index (χ4n) is 3.99. The maximum Gasteiger partial charge on any atom is 0.306 e. The van der Waals surface area contributed by atoms with E-state index in [0.717, 1.165) is 12.8 Å². The van der Waals surface area contributed by atoms with Crippen LogP contribution in [0.4, 0.5) is 0 Å². The molecule has 0 aliphatic heterocycles. The predicted molar refractivity (Wildman–Crippen MR) is 72.7 cm³/mol. The number of hydrogen-bond donors (Lipinski definition) is 3. The van der Waals surface area contributed by atoms with Gasteiger partial charge in [0.05, 0.1) is 17.8 Å². The van der Waals surface area contributed by atoms with Gasteiger partial charge in [-0.25, -0.2) is 0 Å². The molecule has 2 fully saturated rings. The van der Waals surface area contributed by atoms with Gasteiger partial charge in [-0.3, -0.25) is 14.4 Å². The molecular weight excluding hydrogens is 276 g/mol. The molecule has 21 heavy (non-hydrogen) atoms. The van der Waals surface area contributed by atoms with E-state index in [2.05, 4.69) is 0 Å². The third kappa shape index (κ3) is 3.74. The predicted octanol–water partition coefficient (Wildman–Crippen LogP) is 2.08. The Labute approximate surface area is 123 Å². The van der Waals surface area contributed by atoms with Crippen LogP contribution in [0.2, 0.25) is 0 Å². The van der Waals surface area contributed by atoms with Gasteiger partial charge in [-0.1, -0.05) is 0 Å². The first-order chi connectivity index (χ1) is 9.88. The number of hydrogen-bond acceptors (Lipinski definition) is 3. The van der Waals surface area contributed by atoms with Gasteiger partial charge in [-0.15, -0.1) is 0 Å². The fourth-order valence-corrected chi connectivity index (χ4v) is 3.99. The van der Waals surface area contributed by atoms with Gasteiger partial charge in [0.2, 0.25) is 0 Å². The molecule has 0 aromatic carbocycles. The van der Waals surface area contributed by atoms with Crippen molar-refractivity contribution in [3.8, 4) is 0 Å². The van der Waals surface area contributed by atoms with Gasteiger partial charge >= 0.3 is 17.9 Å². The smallest absolute Gasteiger partial charge is 0.306 e. The Kier molecular flexibility index (Phi) is 4.85. The highest BCUT2D eigenvalue weighted by molar-refractivity contribution is 5.74. The maximum absolute atomic E-state index is 11.2. The minimum absolute atomic E-state index is 0.0932. The molecule has 0 saturated heterocycles. The number of carbonyl (C=O) groups is 3. The highest BCUT2D eigenvalue weighted by Gasteiger charge is 2.40. The van der Waals surface area contributed by atoms with Crippen molar-refractivity contribution in [2.24, 2.45) is 29.6 Å². The van der Waals surface area contributed by atoms with E-state index in [-0.39, 0.29) is 24.2 Å². The zero-order chi connectivity index (χ0) is 15.6. The SMILES string of the molecule is O=C(O)C1CCC(C2CC(C(=O)O)CC(C(=O)O)C2)CC1. The van der Waals surface area contributed by atoms with E-state index >= 15 is 0 Å². The first-order valence-corrected chi connectivity index (χ1v) is 7.57. The van der Waals surface area contributed by atoms with Crippen LogP contribution < -0.4 is 0 Å². The quantitative estimate of drug-likeness (QED) is 0.732. The molecule has 0 amide bonds. The third-order valence-corrected chi connectivity index (χ3v) is 5.23. The van der Waals surface area contributed by atoms with Crippen molar-refractivity contribution in [1.29, 1.82) is 0 Å². The van der Waals surface area contributed by atoms with Crippen LogP contribution in [-0.4, -0.2) is 33.2 Å². The maximum atomic E-state index is 11.2. The standard InChI is InChI=1S/C15H22O6/c16-13(17)9-3-1-8(2-4-9)10-5-11(14(18)19)7-12(6-10)15(20)21/h8-12H,1-7H2,(H,16,17)(H,18,19)(H,20,21). The summed E-state index contributed by atoms with van der Waals surface area (Å²) in [6.07, 6.45) is 4.03. The number of carboxylic acid groups (broad SMARTS) is 3. The van der Waals surface area contributed by atoms with Gasteiger partial charge in [-0.2, -0.15) is 0 Å². The second kappa shape index (κ2) is 6.45. The summed E-state index contributed by atoms with van der Waals surface area (Å²) >= 11 is 0. The number of aliphatic carboxylic acids is 3. The summed E-state index contributed by atoms with van der Waals surface area (Å²) < 4.78 is 0. The van der Waals surface area contributed by atoms with Crippen molar-refractivity contribution < 1.29 is 29.7 Å². The van der Waals surface area contributed by atoms with Crippen LogP contribution in [0.3, 0.4) is 0 Å². The molecule has 0 spiro atoms. The molecule has 0 radical (unpaired) electrons. The average Bonchev–Trinajstić information content (AvgIpc) is 2.46. The van der Waals surface area contributed by atoms with Crippen LogP contribution in [0.5, 0.6) is 0 Å². The summed E-state index contributed by atoms with van der Waals surface area (Å²) in [7, 11) is 0. The van der Waals surface area contributed by atoms with Crippen molar-refractivity contribution in [2.75, 3.05) is 0 Å². The Balaban J connectivity index is 1.99. The normalized spacial score (nSPS) is 36.9. The van der Waals surface area contributed by atoms with Gasteiger partial charge in [-0.05, 0) is 56.8 Å². The molecule has 3 N–H and O–H groups in total. The van der Waals surface area contributed by atoms with Gasteiger partial charge in [0.15, 0.2) is 0 Å². The zero-order valence-corrected chi connectivity index (χ0v) is 11.9. The molecule has 2 atom stereocenters. The summed E-state index contributed by atoms with van der Waals surface area (Å²) in [5, 5.41) is 27.4. The largest absolute Gasteiger partial charge is 0.481 e. The Morgan fingerprint density at radius 3 is 1.38 bits per heavy atom. The lowest BCUT2D eigenvalue weighted by Gasteiger charge is -2.38. The first-order valence-electron chi connectivity index (χ1n) is 7.57. The number of rotatable bonds is 4. The van der Waals surface area contributed by atoms with E-state index in [0.29, 0.717) is 25.7 Å². The average molecular weight is 298 g/mol. The zero-order valence-electron chi connectivity index (χ0n) is 11.9. The van der Waals surface area contributed by atoms with Crippen molar-refractivity contribution in [1.82, 2.24) is 0 Å². The van der Waals surface area contributed by atoms with Gasteiger partial charge in [0, 0.05) is 0 Å². The van der Waals surface area contributed by atoms with Gasteiger partial charge in [0.1, 0.15) is 0 Å². The topological polar surface area (TPSA) is 112 Å². The molecule has 6 nitrogen and oxygen atoms in total. The summed E-state index contributed by atoms with van der Waals surface area (Å²) in [5.41, 5.74) is 0. The monoisotopic (exact) mass is 298 g/mol. The second-order valence-electron chi connectivity index (χ2n) is 6.49. The van der Waals surface area contributed by atoms with Crippen LogP contribution in [-0.2, 0) is 14.4 Å². The first kappa shape index (κ1) is 15.8. The Hall–Kier alpha value is -1.59. The van der Waals surface area contributed by atoms with Crippen LogP contribution in [0.1, 0.15) is 44.9 Å². The minimum Gasteiger partial charge on any atom is -0.481 e. The molecule has 2 aliphatic carbocycles. The van der Waals surface area contributed by atoms with Crippen molar-refractivity contribution in [3.05, 3.63) is 0 Å². The number of carboxylic acids is 3. The molecular formula is C15H22O6. The van der Waals surface area contributed by atoms with Crippen molar-refractivity contribution in [3.63, 3.8) is 0 Å². The molecule has 0 heterocycles. The summed E-state index contributed by atoms with van der Waals surface area (Å²) in [6, 6.07) is 0. The van der Waals surface area contributed by atoms with Gasteiger partial charge in [0.25, 0.3) is 0 Å². The molecule has 6 heteroatoms. The molecule has 0 aromatic rings. The lowest BCUT2D eigenvalue weighted by molar-refractivity contribution is -0.149. The van der Waals surface area contributed by atoms with Crippen LogP contribution in [0, 0.1) is 29.6 Å². The molecule has 0 aromatic heterocycles. The van der Waals surface area contributed by atoms with E-state index < -0.39 is 29.7 Å². The van der Waals surface area contributed by atoms with Crippen LogP contribution in [0.15, 0.2) is 0 Å². The highest BCUT2D eigenvalue weighted by Crippen LogP contribution is 2.43. The molecule has 2 unspecified atom stereocenters. The Morgan fingerprint density at radius 2 is 1.00 bits per heavy atom. The van der Waals surface area contributed by atoms with Crippen molar-refractivity contribution >= 4 is 17.9 Å². The Bertz CT molecular complexity index is 402. The lowest BCUT2D eigenvalue weighted by atomic mass is 9.66. The highest BCUT2D eigenvalue weighted by atomic mass is 16.4. The molecule has 0 bridgehead atoms.